The van der Waals surface area contributed by atoms with E-state index in [1.807, 2.05) is 0 Å². The Kier molecular flexibility index (Phi) is 10.7. The quantitative estimate of drug-likeness (QED) is 0.496. The van der Waals surface area contributed by atoms with E-state index in [0.29, 0.717) is 39.6 Å². The van der Waals surface area contributed by atoms with Crippen LogP contribution in [0.3, 0.4) is 0 Å². The summed E-state index contributed by atoms with van der Waals surface area (Å²) in [5.74, 6) is 0. The summed E-state index contributed by atoms with van der Waals surface area (Å²) in [6.45, 7) is 3.25. The first-order valence-corrected chi connectivity index (χ1v) is 4.72. The first-order chi connectivity index (χ1) is 6.85. The van der Waals surface area contributed by atoms with Crippen LogP contribution in [0.5, 0.6) is 0 Å². The first-order valence-electron chi connectivity index (χ1n) is 4.72. The molecule has 0 saturated heterocycles. The third kappa shape index (κ3) is 8.40. The number of hydrogen-bond donors (Lipinski definition) is 1. The molecule has 0 fully saturated rings. The van der Waals surface area contributed by atoms with Crippen molar-refractivity contribution in [2.75, 3.05) is 53.8 Å². The van der Waals surface area contributed by atoms with E-state index in [4.69, 9.17) is 24.7 Å². The molecule has 0 spiro atoms. The molecule has 0 aliphatic carbocycles. The van der Waals surface area contributed by atoms with Gasteiger partial charge >= 0.3 is 0 Å². The SMILES string of the molecule is COCCOCC(CN)OCCOC. The molecule has 2 N–H and O–H groups in total. The van der Waals surface area contributed by atoms with Crippen molar-refractivity contribution in [1.82, 2.24) is 0 Å². The number of ether oxygens (including phenoxy) is 4. The summed E-state index contributed by atoms with van der Waals surface area (Å²) in [6.07, 6.45) is -0.0537. The summed E-state index contributed by atoms with van der Waals surface area (Å²) >= 11 is 0. The molecule has 0 amide bonds. The Hall–Kier alpha value is -0.200. The number of hydrogen-bond acceptors (Lipinski definition) is 5. The molecule has 0 aliphatic heterocycles. The molecular weight excluding hydrogens is 186 g/mol. The largest absolute Gasteiger partial charge is 0.382 e. The zero-order chi connectivity index (χ0) is 10.6. The summed E-state index contributed by atoms with van der Waals surface area (Å²) in [4.78, 5) is 0. The monoisotopic (exact) mass is 207 g/mol. The van der Waals surface area contributed by atoms with Gasteiger partial charge in [-0.05, 0) is 0 Å². The normalized spacial score (nSPS) is 13.1. The van der Waals surface area contributed by atoms with Gasteiger partial charge in [0, 0.05) is 20.8 Å². The van der Waals surface area contributed by atoms with Gasteiger partial charge in [-0.15, -0.1) is 0 Å². The Labute approximate surface area is 85.5 Å². The second kappa shape index (κ2) is 10.9. The van der Waals surface area contributed by atoms with E-state index in [1.165, 1.54) is 0 Å². The lowest BCUT2D eigenvalue weighted by Crippen LogP contribution is -2.30. The van der Waals surface area contributed by atoms with Gasteiger partial charge in [0.1, 0.15) is 0 Å². The molecular formula is C9H21NO4. The van der Waals surface area contributed by atoms with Gasteiger partial charge in [-0.1, -0.05) is 0 Å². The van der Waals surface area contributed by atoms with Crippen LogP contribution < -0.4 is 5.73 Å². The summed E-state index contributed by atoms with van der Waals surface area (Å²) in [7, 11) is 3.27. The smallest absolute Gasteiger partial charge is 0.0931 e. The molecule has 0 aromatic carbocycles. The Morgan fingerprint density at radius 2 is 1.64 bits per heavy atom. The second-order valence-electron chi connectivity index (χ2n) is 2.79. The van der Waals surface area contributed by atoms with Gasteiger partial charge in [-0.3, -0.25) is 0 Å². The van der Waals surface area contributed by atoms with E-state index in [2.05, 4.69) is 0 Å². The van der Waals surface area contributed by atoms with Gasteiger partial charge in [0.15, 0.2) is 0 Å². The highest BCUT2D eigenvalue weighted by atomic mass is 16.6. The van der Waals surface area contributed by atoms with Crippen LogP contribution in [-0.4, -0.2) is 59.9 Å². The zero-order valence-corrected chi connectivity index (χ0v) is 9.03. The van der Waals surface area contributed by atoms with Crippen LogP contribution in [-0.2, 0) is 18.9 Å². The van der Waals surface area contributed by atoms with Crippen LogP contribution in [0.15, 0.2) is 0 Å². The number of nitrogens with two attached hydrogens (primary N) is 1. The average molecular weight is 207 g/mol. The predicted octanol–water partition coefficient (Wildman–Crippen LogP) is -0.360. The lowest BCUT2D eigenvalue weighted by molar-refractivity contribution is -0.0359. The Bertz CT molecular complexity index is 113. The van der Waals surface area contributed by atoms with Crippen molar-refractivity contribution in [3.8, 4) is 0 Å². The van der Waals surface area contributed by atoms with Crippen LogP contribution in [0.1, 0.15) is 0 Å². The molecule has 0 rings (SSSR count). The van der Waals surface area contributed by atoms with E-state index in [-0.39, 0.29) is 6.10 Å². The van der Waals surface area contributed by atoms with Crippen molar-refractivity contribution in [3.05, 3.63) is 0 Å². The van der Waals surface area contributed by atoms with Gasteiger partial charge in [0.05, 0.1) is 39.1 Å². The third-order valence-electron chi connectivity index (χ3n) is 1.64. The van der Waals surface area contributed by atoms with Crippen LogP contribution in [0, 0.1) is 0 Å². The van der Waals surface area contributed by atoms with E-state index in [0.717, 1.165) is 0 Å². The van der Waals surface area contributed by atoms with Gasteiger partial charge < -0.3 is 24.7 Å². The summed E-state index contributed by atoms with van der Waals surface area (Å²) in [6, 6.07) is 0. The lowest BCUT2D eigenvalue weighted by Gasteiger charge is -2.15. The lowest BCUT2D eigenvalue weighted by atomic mass is 10.4. The maximum atomic E-state index is 5.49. The minimum atomic E-state index is -0.0537. The molecule has 0 aromatic heterocycles. The Morgan fingerprint density at radius 3 is 2.21 bits per heavy atom. The summed E-state index contributed by atoms with van der Waals surface area (Å²) in [5, 5.41) is 0. The maximum absolute atomic E-state index is 5.49. The van der Waals surface area contributed by atoms with Gasteiger partial charge in [0.2, 0.25) is 0 Å². The highest BCUT2D eigenvalue weighted by molar-refractivity contribution is 4.56. The topological polar surface area (TPSA) is 62.9 Å². The van der Waals surface area contributed by atoms with E-state index in [1.54, 1.807) is 14.2 Å². The van der Waals surface area contributed by atoms with E-state index in [9.17, 15) is 0 Å². The standard InChI is InChI=1S/C9H21NO4/c1-11-3-5-13-8-9(7-10)14-6-4-12-2/h9H,3-8,10H2,1-2H3. The number of rotatable bonds is 10. The predicted molar refractivity (Wildman–Crippen MR) is 53.4 cm³/mol. The van der Waals surface area contributed by atoms with Crippen LogP contribution in [0.2, 0.25) is 0 Å². The number of methoxy groups -OCH3 is 2. The molecule has 0 aliphatic rings. The highest BCUT2D eigenvalue weighted by Crippen LogP contribution is 1.91. The fourth-order valence-corrected chi connectivity index (χ4v) is 0.839. The third-order valence-corrected chi connectivity index (χ3v) is 1.64. The van der Waals surface area contributed by atoms with Crippen LogP contribution in [0.4, 0.5) is 0 Å². The molecule has 14 heavy (non-hydrogen) atoms. The molecule has 0 bridgehead atoms. The van der Waals surface area contributed by atoms with Crippen LogP contribution >= 0.6 is 0 Å². The molecule has 1 unspecified atom stereocenters. The summed E-state index contributed by atoms with van der Waals surface area (Å²) < 4.78 is 20.4. The van der Waals surface area contributed by atoms with E-state index < -0.39 is 0 Å². The molecule has 0 aromatic rings. The molecule has 5 heteroatoms. The van der Waals surface area contributed by atoms with Crippen molar-refractivity contribution in [1.29, 1.82) is 0 Å². The minimum Gasteiger partial charge on any atom is -0.382 e. The molecule has 0 heterocycles. The Balaban J connectivity index is 3.28. The molecule has 0 radical (unpaired) electrons. The molecule has 1 atom stereocenters. The zero-order valence-electron chi connectivity index (χ0n) is 9.03. The fraction of sp³-hybridized carbons (Fsp3) is 1.00. The molecule has 0 saturated carbocycles. The average Bonchev–Trinajstić information content (AvgIpc) is 2.22. The summed E-state index contributed by atoms with van der Waals surface area (Å²) in [5.41, 5.74) is 5.49. The van der Waals surface area contributed by atoms with Crippen molar-refractivity contribution in [3.63, 3.8) is 0 Å². The van der Waals surface area contributed by atoms with Crippen LogP contribution in [0.25, 0.3) is 0 Å². The minimum absolute atomic E-state index is 0.0537. The Morgan fingerprint density at radius 1 is 1.00 bits per heavy atom. The maximum Gasteiger partial charge on any atom is 0.0931 e. The van der Waals surface area contributed by atoms with Crippen molar-refractivity contribution < 1.29 is 18.9 Å². The van der Waals surface area contributed by atoms with E-state index >= 15 is 0 Å². The highest BCUT2D eigenvalue weighted by Gasteiger charge is 2.06. The van der Waals surface area contributed by atoms with Gasteiger partial charge in [-0.25, -0.2) is 0 Å². The second-order valence-corrected chi connectivity index (χ2v) is 2.79. The van der Waals surface area contributed by atoms with Gasteiger partial charge in [0.25, 0.3) is 0 Å². The van der Waals surface area contributed by atoms with Crippen molar-refractivity contribution in [2.45, 2.75) is 6.10 Å². The first kappa shape index (κ1) is 13.8. The van der Waals surface area contributed by atoms with Crippen molar-refractivity contribution >= 4 is 0 Å². The van der Waals surface area contributed by atoms with Gasteiger partial charge in [-0.2, -0.15) is 0 Å². The molecule has 5 nitrogen and oxygen atoms in total. The van der Waals surface area contributed by atoms with Crippen molar-refractivity contribution in [2.24, 2.45) is 5.73 Å². The fourth-order valence-electron chi connectivity index (χ4n) is 0.839. The molecule has 86 valence electrons.